The fourth-order valence-electron chi connectivity index (χ4n) is 1.85. The van der Waals surface area contributed by atoms with Crippen molar-refractivity contribution in [3.05, 3.63) is 62.3 Å². The molecule has 20 heavy (non-hydrogen) atoms. The zero-order valence-corrected chi connectivity index (χ0v) is 11.6. The quantitative estimate of drug-likeness (QED) is 0.656. The van der Waals surface area contributed by atoms with E-state index in [0.717, 1.165) is 6.42 Å². The second kappa shape index (κ2) is 6.81. The average molecular weight is 290 g/mol. The number of amides is 1. The smallest absolute Gasteiger partial charge is 0.273 e. The molecule has 0 bridgehead atoms. The number of rotatable bonds is 6. The molecule has 1 aromatic carbocycles. The third-order valence-electron chi connectivity index (χ3n) is 2.81. The molecule has 2 rings (SSSR count). The van der Waals surface area contributed by atoms with Gasteiger partial charge in [0.25, 0.3) is 5.69 Å². The number of nitro groups is 1. The van der Waals surface area contributed by atoms with E-state index in [-0.39, 0.29) is 18.0 Å². The summed E-state index contributed by atoms with van der Waals surface area (Å²) in [6.45, 7) is 0.542. The van der Waals surface area contributed by atoms with E-state index in [9.17, 15) is 14.9 Å². The minimum Gasteiger partial charge on any atom is -0.355 e. The van der Waals surface area contributed by atoms with E-state index >= 15 is 0 Å². The largest absolute Gasteiger partial charge is 0.355 e. The number of nitrogens with one attached hydrogen (secondary N) is 1. The maximum atomic E-state index is 11.8. The Morgan fingerprint density at radius 1 is 1.25 bits per heavy atom. The highest BCUT2D eigenvalue weighted by Crippen LogP contribution is 2.17. The molecule has 1 amide bonds. The molecule has 0 unspecified atom stereocenters. The van der Waals surface area contributed by atoms with Crippen molar-refractivity contribution >= 4 is 22.9 Å². The lowest BCUT2D eigenvalue weighted by Crippen LogP contribution is -2.27. The zero-order valence-electron chi connectivity index (χ0n) is 10.7. The van der Waals surface area contributed by atoms with Crippen LogP contribution in [0.1, 0.15) is 10.4 Å². The summed E-state index contributed by atoms with van der Waals surface area (Å²) in [6.07, 6.45) is 0.807. The Bertz CT molecular complexity index is 596. The van der Waals surface area contributed by atoms with Crippen LogP contribution in [0.4, 0.5) is 5.69 Å². The third-order valence-corrected chi connectivity index (χ3v) is 3.75. The minimum absolute atomic E-state index is 0.0130. The standard InChI is InChI=1S/C14H14N2O3S/c17-14(15-8-7-12-5-3-9-20-12)10-11-4-1-2-6-13(11)16(18)19/h1-6,9H,7-8,10H2,(H,15,17). The molecule has 1 aromatic heterocycles. The van der Waals surface area contributed by atoms with Crippen molar-refractivity contribution in [2.75, 3.05) is 6.54 Å². The summed E-state index contributed by atoms with van der Waals surface area (Å²) < 4.78 is 0. The Balaban J connectivity index is 1.87. The van der Waals surface area contributed by atoms with Gasteiger partial charge in [-0.25, -0.2) is 0 Å². The second-order valence-corrected chi connectivity index (χ2v) is 5.27. The van der Waals surface area contributed by atoms with E-state index in [1.54, 1.807) is 29.5 Å². The molecule has 5 nitrogen and oxygen atoms in total. The van der Waals surface area contributed by atoms with Gasteiger partial charge in [0.15, 0.2) is 0 Å². The summed E-state index contributed by atoms with van der Waals surface area (Å²) in [5, 5.41) is 15.6. The van der Waals surface area contributed by atoms with Crippen LogP contribution >= 0.6 is 11.3 Å². The van der Waals surface area contributed by atoms with Crippen molar-refractivity contribution < 1.29 is 9.72 Å². The van der Waals surface area contributed by atoms with Crippen molar-refractivity contribution in [3.63, 3.8) is 0 Å². The number of hydrogen-bond donors (Lipinski definition) is 1. The predicted molar refractivity (Wildman–Crippen MR) is 77.8 cm³/mol. The van der Waals surface area contributed by atoms with Crippen LogP contribution in [-0.2, 0) is 17.6 Å². The highest BCUT2D eigenvalue weighted by molar-refractivity contribution is 7.09. The first-order valence-corrected chi connectivity index (χ1v) is 7.06. The molecule has 0 aliphatic heterocycles. The number of carbonyl (C=O) groups excluding carboxylic acids is 1. The number of para-hydroxylation sites is 1. The first-order chi connectivity index (χ1) is 9.66. The Morgan fingerprint density at radius 2 is 2.05 bits per heavy atom. The molecule has 0 saturated carbocycles. The molecular weight excluding hydrogens is 276 g/mol. The molecule has 0 saturated heterocycles. The summed E-state index contributed by atoms with van der Waals surface area (Å²) in [5.74, 6) is -0.198. The topological polar surface area (TPSA) is 72.2 Å². The van der Waals surface area contributed by atoms with Crippen molar-refractivity contribution in [1.82, 2.24) is 5.32 Å². The van der Waals surface area contributed by atoms with E-state index < -0.39 is 4.92 Å². The van der Waals surface area contributed by atoms with Gasteiger partial charge in [-0.2, -0.15) is 0 Å². The molecule has 0 atom stereocenters. The maximum absolute atomic E-state index is 11.8. The fourth-order valence-corrected chi connectivity index (χ4v) is 2.56. The number of nitrogens with zero attached hydrogens (tertiary/aromatic N) is 1. The number of benzene rings is 1. The Hall–Kier alpha value is -2.21. The van der Waals surface area contributed by atoms with Gasteiger partial charge in [-0.05, 0) is 17.9 Å². The van der Waals surface area contributed by atoms with E-state index in [4.69, 9.17) is 0 Å². The zero-order chi connectivity index (χ0) is 14.4. The maximum Gasteiger partial charge on any atom is 0.273 e. The van der Waals surface area contributed by atoms with E-state index in [0.29, 0.717) is 12.1 Å². The normalized spacial score (nSPS) is 10.2. The monoisotopic (exact) mass is 290 g/mol. The van der Waals surface area contributed by atoms with Crippen molar-refractivity contribution in [2.24, 2.45) is 0 Å². The lowest BCUT2D eigenvalue weighted by atomic mass is 10.1. The van der Waals surface area contributed by atoms with Crippen LogP contribution in [0.2, 0.25) is 0 Å². The van der Waals surface area contributed by atoms with Crippen molar-refractivity contribution in [1.29, 1.82) is 0 Å². The number of hydrogen-bond acceptors (Lipinski definition) is 4. The molecule has 1 heterocycles. The van der Waals surface area contributed by atoms with Crippen LogP contribution in [0.25, 0.3) is 0 Å². The van der Waals surface area contributed by atoms with Crippen molar-refractivity contribution in [2.45, 2.75) is 12.8 Å². The molecule has 0 aliphatic rings. The molecule has 0 radical (unpaired) electrons. The van der Waals surface area contributed by atoms with Crippen LogP contribution < -0.4 is 5.32 Å². The van der Waals surface area contributed by atoms with Gasteiger partial charge in [-0.1, -0.05) is 24.3 Å². The second-order valence-electron chi connectivity index (χ2n) is 4.24. The van der Waals surface area contributed by atoms with Gasteiger partial charge in [-0.3, -0.25) is 14.9 Å². The Labute approximate surface area is 120 Å². The lowest BCUT2D eigenvalue weighted by molar-refractivity contribution is -0.385. The molecule has 104 valence electrons. The first-order valence-electron chi connectivity index (χ1n) is 6.18. The molecule has 0 fully saturated rings. The van der Waals surface area contributed by atoms with Crippen LogP contribution in [0.5, 0.6) is 0 Å². The molecule has 0 aliphatic carbocycles. The van der Waals surface area contributed by atoms with Crippen LogP contribution in [-0.4, -0.2) is 17.4 Å². The number of nitro benzene ring substituents is 1. The van der Waals surface area contributed by atoms with Gasteiger partial charge in [0.05, 0.1) is 11.3 Å². The lowest BCUT2D eigenvalue weighted by Gasteiger charge is -2.05. The van der Waals surface area contributed by atoms with Crippen LogP contribution in [0.15, 0.2) is 41.8 Å². The fraction of sp³-hybridized carbons (Fsp3) is 0.214. The SMILES string of the molecule is O=C(Cc1ccccc1[N+](=O)[O-])NCCc1cccs1. The Kier molecular flexibility index (Phi) is 4.84. The van der Waals surface area contributed by atoms with Gasteiger partial charge in [0.2, 0.25) is 5.91 Å². The number of thiophene rings is 1. The molecule has 6 heteroatoms. The van der Waals surface area contributed by atoms with Gasteiger partial charge in [-0.15, -0.1) is 11.3 Å². The highest BCUT2D eigenvalue weighted by atomic mass is 32.1. The van der Waals surface area contributed by atoms with E-state index in [2.05, 4.69) is 5.32 Å². The summed E-state index contributed by atoms with van der Waals surface area (Å²) in [4.78, 5) is 23.4. The van der Waals surface area contributed by atoms with Gasteiger partial charge >= 0.3 is 0 Å². The van der Waals surface area contributed by atoms with Crippen LogP contribution in [0, 0.1) is 10.1 Å². The van der Waals surface area contributed by atoms with Gasteiger partial charge in [0.1, 0.15) is 0 Å². The summed E-state index contributed by atoms with van der Waals surface area (Å²) in [7, 11) is 0. The van der Waals surface area contributed by atoms with E-state index in [1.807, 2.05) is 17.5 Å². The average Bonchev–Trinajstić information content (AvgIpc) is 2.92. The minimum atomic E-state index is -0.464. The van der Waals surface area contributed by atoms with Gasteiger partial charge in [0, 0.05) is 23.1 Å². The number of carbonyl (C=O) groups is 1. The summed E-state index contributed by atoms with van der Waals surface area (Å²) in [6, 6.07) is 10.3. The Morgan fingerprint density at radius 3 is 2.75 bits per heavy atom. The summed E-state index contributed by atoms with van der Waals surface area (Å²) in [5.41, 5.74) is 0.423. The summed E-state index contributed by atoms with van der Waals surface area (Å²) >= 11 is 1.64. The third kappa shape index (κ3) is 3.89. The molecule has 2 aromatic rings. The predicted octanol–water partition coefficient (Wildman–Crippen LogP) is 2.56. The van der Waals surface area contributed by atoms with E-state index in [1.165, 1.54) is 10.9 Å². The van der Waals surface area contributed by atoms with Gasteiger partial charge < -0.3 is 5.32 Å². The molecular formula is C14H14N2O3S. The van der Waals surface area contributed by atoms with Crippen molar-refractivity contribution in [3.8, 4) is 0 Å². The van der Waals surface area contributed by atoms with Crippen LogP contribution in [0.3, 0.4) is 0 Å². The molecule has 1 N–H and O–H groups in total. The molecule has 0 spiro atoms. The highest BCUT2D eigenvalue weighted by Gasteiger charge is 2.15. The first kappa shape index (κ1) is 14.2.